The van der Waals surface area contributed by atoms with Gasteiger partial charge in [-0.05, 0) is 36.4 Å². The van der Waals surface area contributed by atoms with Crippen LogP contribution < -0.4 is 15.4 Å². The molecular weight excluding hydrogens is 358 g/mol. The molecule has 2 amide bonds. The Balaban J connectivity index is 1.67. The van der Waals surface area contributed by atoms with E-state index in [4.69, 9.17) is 0 Å². The highest BCUT2D eigenvalue weighted by Gasteiger charge is 2.22. The van der Waals surface area contributed by atoms with Gasteiger partial charge in [-0.2, -0.15) is 5.10 Å². The molecule has 3 aromatic rings. The predicted octanol–water partition coefficient (Wildman–Crippen LogP) is 1.64. The molecular formula is C16H13N5O4S. The Morgan fingerprint density at radius 1 is 0.962 bits per heavy atom. The second-order valence-corrected chi connectivity index (χ2v) is 7.44. The number of carbonyl (C=O) groups excluding carboxylic acids is 2. The lowest BCUT2D eigenvalue weighted by Crippen LogP contribution is -2.16. The van der Waals surface area contributed by atoms with Crippen molar-refractivity contribution < 1.29 is 18.0 Å². The number of sulfonamides is 1. The quantitative estimate of drug-likeness (QED) is 0.520. The second kappa shape index (κ2) is 5.85. The van der Waals surface area contributed by atoms with Crippen molar-refractivity contribution in [2.24, 2.45) is 0 Å². The van der Waals surface area contributed by atoms with Crippen molar-refractivity contribution >= 4 is 49.8 Å². The number of nitrogens with one attached hydrogen (secondary N) is 4. The molecule has 9 nitrogen and oxygen atoms in total. The van der Waals surface area contributed by atoms with Gasteiger partial charge in [0.2, 0.25) is 11.8 Å². The number of hydrogen-bond donors (Lipinski definition) is 4. The fraction of sp³-hybridized carbons (Fsp3) is 0.0625. The molecule has 0 spiro atoms. The average Bonchev–Trinajstić information content (AvgIpc) is 2.97. The summed E-state index contributed by atoms with van der Waals surface area (Å²) < 4.78 is 27.8. The van der Waals surface area contributed by atoms with E-state index in [0.29, 0.717) is 16.9 Å². The lowest BCUT2D eigenvalue weighted by atomic mass is 10.2. The molecule has 132 valence electrons. The van der Waals surface area contributed by atoms with Gasteiger partial charge in [0.05, 0.1) is 33.7 Å². The number of carbonyl (C=O) groups is 2. The number of rotatable bonds is 3. The van der Waals surface area contributed by atoms with Crippen LogP contribution in [0, 0.1) is 0 Å². The highest BCUT2D eigenvalue weighted by atomic mass is 32.2. The third-order valence-corrected chi connectivity index (χ3v) is 5.24. The molecule has 0 radical (unpaired) electrons. The van der Waals surface area contributed by atoms with Gasteiger partial charge in [-0.3, -0.25) is 19.4 Å². The maximum absolute atomic E-state index is 12.7. The number of fused-ring (bicyclic) bond motifs is 2. The minimum atomic E-state index is -3.89. The number of benzene rings is 2. The van der Waals surface area contributed by atoms with Crippen molar-refractivity contribution in [1.82, 2.24) is 10.2 Å². The first kappa shape index (κ1) is 16.1. The molecule has 1 aliphatic rings. The van der Waals surface area contributed by atoms with Gasteiger partial charge in [-0.25, -0.2) is 8.42 Å². The SMILES string of the molecule is O=C1CC(=O)Nc2cc(S(=O)(=O)Nc3ccc4cn[nH]c4c3)ccc2N1. The fourth-order valence-corrected chi connectivity index (χ4v) is 3.73. The standard InChI is InChI=1S/C16H13N5O4S/c22-15-7-16(23)19-14-6-11(3-4-12(14)18-15)26(24,25)21-10-2-1-9-8-17-20-13(9)5-10/h1-6,8,21H,7H2,(H,17,20)(H,18,22)(H,19,23). The van der Waals surface area contributed by atoms with E-state index in [0.717, 1.165) is 5.39 Å². The highest BCUT2D eigenvalue weighted by molar-refractivity contribution is 7.92. The van der Waals surface area contributed by atoms with Gasteiger partial charge in [0.15, 0.2) is 0 Å². The Labute approximate surface area is 147 Å². The molecule has 0 bridgehead atoms. The Hall–Kier alpha value is -3.40. The summed E-state index contributed by atoms with van der Waals surface area (Å²) in [7, 11) is -3.89. The zero-order valence-electron chi connectivity index (χ0n) is 13.2. The molecule has 0 saturated heterocycles. The number of anilines is 3. The van der Waals surface area contributed by atoms with Crippen LogP contribution in [0.4, 0.5) is 17.1 Å². The number of aromatic amines is 1. The van der Waals surface area contributed by atoms with Crippen LogP contribution in [0.3, 0.4) is 0 Å². The third-order valence-electron chi connectivity index (χ3n) is 3.86. The number of nitrogens with zero attached hydrogens (tertiary/aromatic N) is 1. The zero-order chi connectivity index (χ0) is 18.3. The summed E-state index contributed by atoms with van der Waals surface area (Å²) in [5.74, 6) is -0.962. The predicted molar refractivity (Wildman–Crippen MR) is 95.2 cm³/mol. The highest BCUT2D eigenvalue weighted by Crippen LogP contribution is 2.29. The maximum atomic E-state index is 12.7. The first-order valence-corrected chi connectivity index (χ1v) is 9.09. The van der Waals surface area contributed by atoms with Crippen molar-refractivity contribution in [3.8, 4) is 0 Å². The molecule has 2 heterocycles. The molecule has 0 fully saturated rings. The Bertz CT molecular complexity index is 1150. The number of aromatic nitrogens is 2. The van der Waals surface area contributed by atoms with E-state index in [1.165, 1.54) is 18.2 Å². The smallest absolute Gasteiger partial charge is 0.261 e. The van der Waals surface area contributed by atoms with Gasteiger partial charge in [0, 0.05) is 5.39 Å². The van der Waals surface area contributed by atoms with Crippen molar-refractivity contribution in [2.45, 2.75) is 11.3 Å². The largest absolute Gasteiger partial charge is 0.324 e. The Morgan fingerprint density at radius 2 is 1.73 bits per heavy atom. The van der Waals surface area contributed by atoms with Crippen molar-refractivity contribution in [3.05, 3.63) is 42.6 Å². The van der Waals surface area contributed by atoms with Crippen LogP contribution in [-0.2, 0) is 19.6 Å². The van der Waals surface area contributed by atoms with Gasteiger partial charge >= 0.3 is 0 Å². The molecule has 0 unspecified atom stereocenters. The van der Waals surface area contributed by atoms with E-state index in [9.17, 15) is 18.0 Å². The molecule has 26 heavy (non-hydrogen) atoms. The van der Waals surface area contributed by atoms with Crippen LogP contribution in [0.25, 0.3) is 10.9 Å². The normalized spacial score (nSPS) is 14.3. The van der Waals surface area contributed by atoms with Crippen LogP contribution in [0.5, 0.6) is 0 Å². The first-order valence-electron chi connectivity index (χ1n) is 7.60. The third kappa shape index (κ3) is 2.97. The van der Waals surface area contributed by atoms with Gasteiger partial charge < -0.3 is 10.6 Å². The van der Waals surface area contributed by atoms with Gasteiger partial charge in [0.25, 0.3) is 10.0 Å². The average molecular weight is 371 g/mol. The number of amides is 2. The monoisotopic (exact) mass is 371 g/mol. The first-order chi connectivity index (χ1) is 12.4. The summed E-state index contributed by atoms with van der Waals surface area (Å²) in [5, 5.41) is 12.6. The van der Waals surface area contributed by atoms with E-state index >= 15 is 0 Å². The van der Waals surface area contributed by atoms with E-state index in [2.05, 4.69) is 25.6 Å². The van der Waals surface area contributed by atoms with Crippen LogP contribution in [-0.4, -0.2) is 30.4 Å². The Kier molecular flexibility index (Phi) is 3.62. The molecule has 0 aliphatic carbocycles. The topological polar surface area (TPSA) is 133 Å². The molecule has 1 aromatic heterocycles. The van der Waals surface area contributed by atoms with E-state index in [1.807, 2.05) is 0 Å². The zero-order valence-corrected chi connectivity index (χ0v) is 14.1. The van der Waals surface area contributed by atoms with Crippen LogP contribution in [0.1, 0.15) is 6.42 Å². The summed E-state index contributed by atoms with van der Waals surface area (Å²) in [6.07, 6.45) is 1.32. The minimum Gasteiger partial charge on any atom is -0.324 e. The summed E-state index contributed by atoms with van der Waals surface area (Å²) in [6.45, 7) is 0. The van der Waals surface area contributed by atoms with Crippen molar-refractivity contribution in [1.29, 1.82) is 0 Å². The summed E-state index contributed by atoms with van der Waals surface area (Å²) >= 11 is 0. The lowest BCUT2D eigenvalue weighted by molar-refractivity contribution is -0.123. The molecule has 0 saturated carbocycles. The minimum absolute atomic E-state index is 0.0441. The molecule has 4 rings (SSSR count). The maximum Gasteiger partial charge on any atom is 0.261 e. The Morgan fingerprint density at radius 3 is 2.54 bits per heavy atom. The van der Waals surface area contributed by atoms with Crippen molar-refractivity contribution in [3.63, 3.8) is 0 Å². The van der Waals surface area contributed by atoms with E-state index < -0.39 is 21.8 Å². The van der Waals surface area contributed by atoms with E-state index in [1.54, 1.807) is 24.4 Å². The molecule has 0 atom stereocenters. The van der Waals surface area contributed by atoms with Crippen molar-refractivity contribution in [2.75, 3.05) is 15.4 Å². The van der Waals surface area contributed by atoms with Gasteiger partial charge in [-0.1, -0.05) is 0 Å². The van der Waals surface area contributed by atoms with Gasteiger partial charge in [-0.15, -0.1) is 0 Å². The summed E-state index contributed by atoms with van der Waals surface area (Å²) in [6, 6.07) is 9.09. The molecule has 2 aromatic carbocycles. The summed E-state index contributed by atoms with van der Waals surface area (Å²) in [5.41, 5.74) is 1.64. The second-order valence-electron chi connectivity index (χ2n) is 5.76. The number of H-pyrrole nitrogens is 1. The molecule has 10 heteroatoms. The lowest BCUT2D eigenvalue weighted by Gasteiger charge is -2.12. The molecule has 1 aliphatic heterocycles. The van der Waals surface area contributed by atoms with Crippen LogP contribution in [0.15, 0.2) is 47.5 Å². The number of hydrogen-bond acceptors (Lipinski definition) is 5. The molecule has 4 N–H and O–H groups in total. The van der Waals surface area contributed by atoms with Crippen LogP contribution >= 0.6 is 0 Å². The summed E-state index contributed by atoms with van der Waals surface area (Å²) in [4.78, 5) is 23.2. The van der Waals surface area contributed by atoms with Gasteiger partial charge in [0.1, 0.15) is 6.42 Å². The van der Waals surface area contributed by atoms with Crippen LogP contribution in [0.2, 0.25) is 0 Å². The van der Waals surface area contributed by atoms with E-state index in [-0.39, 0.29) is 17.0 Å². The fourth-order valence-electron chi connectivity index (χ4n) is 2.65.